The van der Waals surface area contributed by atoms with Crippen LogP contribution in [0, 0.1) is 0 Å². The van der Waals surface area contributed by atoms with Gasteiger partial charge in [0.05, 0.1) is 0 Å². The number of halogens is 2. The lowest BCUT2D eigenvalue weighted by Crippen LogP contribution is -2.38. The van der Waals surface area contributed by atoms with Gasteiger partial charge in [0.1, 0.15) is 11.6 Å². The van der Waals surface area contributed by atoms with Crippen LogP contribution in [0.4, 0.5) is 0 Å². The SMILES string of the molecule is CC(C)(C)OC(=O)C(N)Cc1cc(Br)ccc1Cl. The molecular formula is C13H17BrClNO2. The number of nitrogens with two attached hydrogens (primary N) is 1. The first-order valence-electron chi connectivity index (χ1n) is 5.61. The van der Waals surface area contributed by atoms with Crippen LogP contribution in [0.1, 0.15) is 26.3 Å². The van der Waals surface area contributed by atoms with E-state index in [0.29, 0.717) is 11.4 Å². The predicted molar refractivity (Wildman–Crippen MR) is 76.7 cm³/mol. The molecule has 0 saturated heterocycles. The molecule has 1 aromatic carbocycles. The number of carbonyl (C=O) groups is 1. The molecular weight excluding hydrogens is 318 g/mol. The summed E-state index contributed by atoms with van der Waals surface area (Å²) in [6.45, 7) is 5.43. The highest BCUT2D eigenvalue weighted by Crippen LogP contribution is 2.22. The average molecular weight is 335 g/mol. The number of carbonyl (C=O) groups excluding carboxylic acids is 1. The fraction of sp³-hybridized carbons (Fsp3) is 0.462. The van der Waals surface area contributed by atoms with Gasteiger partial charge in [-0.3, -0.25) is 4.79 Å². The van der Waals surface area contributed by atoms with Crippen molar-refractivity contribution in [3.05, 3.63) is 33.3 Å². The van der Waals surface area contributed by atoms with Gasteiger partial charge in [-0.1, -0.05) is 27.5 Å². The molecule has 2 N–H and O–H groups in total. The fourth-order valence-corrected chi connectivity index (χ4v) is 2.00. The minimum Gasteiger partial charge on any atom is -0.459 e. The number of rotatable bonds is 3. The monoisotopic (exact) mass is 333 g/mol. The molecule has 0 heterocycles. The Morgan fingerprint density at radius 3 is 2.67 bits per heavy atom. The zero-order valence-corrected chi connectivity index (χ0v) is 13.0. The highest BCUT2D eigenvalue weighted by atomic mass is 79.9. The minimum absolute atomic E-state index is 0.354. The van der Waals surface area contributed by atoms with Crippen molar-refractivity contribution in [3.8, 4) is 0 Å². The van der Waals surface area contributed by atoms with E-state index in [2.05, 4.69) is 15.9 Å². The molecule has 100 valence electrons. The number of esters is 1. The smallest absolute Gasteiger partial charge is 0.323 e. The van der Waals surface area contributed by atoms with Gasteiger partial charge >= 0.3 is 5.97 Å². The van der Waals surface area contributed by atoms with E-state index in [1.54, 1.807) is 6.07 Å². The molecule has 1 aromatic rings. The Labute approximate surface area is 121 Å². The van der Waals surface area contributed by atoms with E-state index in [1.807, 2.05) is 32.9 Å². The van der Waals surface area contributed by atoms with Crippen molar-refractivity contribution in [1.82, 2.24) is 0 Å². The topological polar surface area (TPSA) is 52.3 Å². The first kappa shape index (κ1) is 15.5. The van der Waals surface area contributed by atoms with Gasteiger partial charge in [-0.2, -0.15) is 0 Å². The maximum atomic E-state index is 11.8. The molecule has 3 nitrogen and oxygen atoms in total. The first-order chi connectivity index (χ1) is 8.19. The maximum Gasteiger partial charge on any atom is 0.323 e. The van der Waals surface area contributed by atoms with Crippen LogP contribution in [0.15, 0.2) is 22.7 Å². The normalized spacial score (nSPS) is 13.2. The molecule has 0 aromatic heterocycles. The molecule has 0 saturated carbocycles. The number of ether oxygens (including phenoxy) is 1. The van der Waals surface area contributed by atoms with E-state index >= 15 is 0 Å². The van der Waals surface area contributed by atoms with Crippen LogP contribution in [0.25, 0.3) is 0 Å². The van der Waals surface area contributed by atoms with E-state index in [4.69, 9.17) is 22.1 Å². The van der Waals surface area contributed by atoms with Crippen LogP contribution in [0.5, 0.6) is 0 Å². The molecule has 5 heteroatoms. The van der Waals surface area contributed by atoms with Crippen LogP contribution in [0.2, 0.25) is 5.02 Å². The summed E-state index contributed by atoms with van der Waals surface area (Å²) in [5.74, 6) is -0.418. The molecule has 0 spiro atoms. The quantitative estimate of drug-likeness (QED) is 0.863. The first-order valence-corrected chi connectivity index (χ1v) is 6.78. The Hall–Kier alpha value is -0.580. The lowest BCUT2D eigenvalue weighted by Gasteiger charge is -2.22. The van der Waals surface area contributed by atoms with E-state index < -0.39 is 17.6 Å². The summed E-state index contributed by atoms with van der Waals surface area (Å²) >= 11 is 9.41. The van der Waals surface area contributed by atoms with Gasteiger partial charge in [0.15, 0.2) is 0 Å². The van der Waals surface area contributed by atoms with Gasteiger partial charge in [-0.05, 0) is 51.0 Å². The van der Waals surface area contributed by atoms with Crippen LogP contribution in [-0.2, 0) is 16.0 Å². The Morgan fingerprint density at radius 2 is 2.11 bits per heavy atom. The van der Waals surface area contributed by atoms with Gasteiger partial charge in [0.2, 0.25) is 0 Å². The lowest BCUT2D eigenvalue weighted by molar-refractivity contribution is -0.156. The van der Waals surface area contributed by atoms with Crippen LogP contribution in [-0.4, -0.2) is 17.6 Å². The number of hydrogen-bond acceptors (Lipinski definition) is 3. The van der Waals surface area contributed by atoms with Crippen molar-refractivity contribution in [2.24, 2.45) is 5.73 Å². The Morgan fingerprint density at radius 1 is 1.50 bits per heavy atom. The Bertz CT molecular complexity index is 443. The zero-order valence-electron chi connectivity index (χ0n) is 10.7. The minimum atomic E-state index is -0.712. The summed E-state index contributed by atoms with van der Waals surface area (Å²) in [5, 5.41) is 0.595. The van der Waals surface area contributed by atoms with Gasteiger partial charge in [0.25, 0.3) is 0 Å². The van der Waals surface area contributed by atoms with E-state index in [1.165, 1.54) is 0 Å². The van der Waals surface area contributed by atoms with Crippen LogP contribution in [0.3, 0.4) is 0 Å². The second-order valence-corrected chi connectivity index (χ2v) is 6.40. The lowest BCUT2D eigenvalue weighted by atomic mass is 10.1. The Balaban J connectivity index is 2.72. The van der Waals surface area contributed by atoms with Crippen molar-refractivity contribution in [3.63, 3.8) is 0 Å². The number of benzene rings is 1. The van der Waals surface area contributed by atoms with Crippen molar-refractivity contribution >= 4 is 33.5 Å². The molecule has 0 aliphatic carbocycles. The third kappa shape index (κ3) is 4.96. The largest absolute Gasteiger partial charge is 0.459 e. The zero-order chi connectivity index (χ0) is 13.9. The molecule has 1 atom stereocenters. The summed E-state index contributed by atoms with van der Waals surface area (Å²) in [6.07, 6.45) is 0.354. The second-order valence-electron chi connectivity index (χ2n) is 5.08. The highest BCUT2D eigenvalue weighted by Gasteiger charge is 2.22. The molecule has 0 bridgehead atoms. The van der Waals surface area contributed by atoms with Crippen molar-refractivity contribution in [2.75, 3.05) is 0 Å². The van der Waals surface area contributed by atoms with Crippen LogP contribution < -0.4 is 5.73 Å². The predicted octanol–water partition coefficient (Wildman–Crippen LogP) is 3.31. The van der Waals surface area contributed by atoms with Crippen molar-refractivity contribution in [1.29, 1.82) is 0 Å². The van der Waals surface area contributed by atoms with E-state index in [-0.39, 0.29) is 0 Å². The summed E-state index contributed by atoms with van der Waals surface area (Å²) in [4.78, 5) is 11.8. The molecule has 0 radical (unpaired) electrons. The molecule has 1 unspecified atom stereocenters. The second kappa shape index (κ2) is 6.04. The average Bonchev–Trinajstić information content (AvgIpc) is 2.21. The molecule has 18 heavy (non-hydrogen) atoms. The Kier molecular flexibility index (Phi) is 5.20. The van der Waals surface area contributed by atoms with Crippen molar-refractivity contribution in [2.45, 2.75) is 38.8 Å². The third-order valence-electron chi connectivity index (χ3n) is 2.16. The van der Waals surface area contributed by atoms with E-state index in [0.717, 1.165) is 10.0 Å². The standard InChI is InChI=1S/C13H17BrClNO2/c1-13(2,3)18-12(17)11(16)7-8-6-9(14)4-5-10(8)15/h4-6,11H,7,16H2,1-3H3. The molecule has 0 aliphatic rings. The summed E-state index contributed by atoms with van der Waals surface area (Å²) in [7, 11) is 0. The van der Waals surface area contributed by atoms with Gasteiger partial charge in [0, 0.05) is 9.50 Å². The van der Waals surface area contributed by atoms with Gasteiger partial charge in [-0.25, -0.2) is 0 Å². The van der Waals surface area contributed by atoms with Gasteiger partial charge in [-0.15, -0.1) is 0 Å². The van der Waals surface area contributed by atoms with Gasteiger partial charge < -0.3 is 10.5 Å². The maximum absolute atomic E-state index is 11.8. The summed E-state index contributed by atoms with van der Waals surface area (Å²) in [5.41, 5.74) is 6.12. The highest BCUT2D eigenvalue weighted by molar-refractivity contribution is 9.10. The molecule has 0 amide bonds. The molecule has 0 aliphatic heterocycles. The summed E-state index contributed by atoms with van der Waals surface area (Å²) < 4.78 is 6.12. The molecule has 1 rings (SSSR count). The fourth-order valence-electron chi connectivity index (χ4n) is 1.40. The number of hydrogen-bond donors (Lipinski definition) is 1. The molecule has 0 fully saturated rings. The van der Waals surface area contributed by atoms with Crippen LogP contribution >= 0.6 is 27.5 Å². The van der Waals surface area contributed by atoms with Crippen molar-refractivity contribution < 1.29 is 9.53 Å². The third-order valence-corrected chi connectivity index (χ3v) is 3.02. The van der Waals surface area contributed by atoms with E-state index in [9.17, 15) is 4.79 Å². The summed E-state index contributed by atoms with van der Waals surface area (Å²) in [6, 6.07) is 4.75.